The molecule has 1 aromatic carbocycles. The van der Waals surface area contributed by atoms with Crippen molar-refractivity contribution in [2.24, 2.45) is 5.73 Å². The van der Waals surface area contributed by atoms with Gasteiger partial charge in [0, 0.05) is 6.04 Å². The van der Waals surface area contributed by atoms with Gasteiger partial charge < -0.3 is 15.4 Å². The molecule has 0 bridgehead atoms. The molecule has 0 atom stereocenters. The van der Waals surface area contributed by atoms with E-state index in [1.807, 2.05) is 30.9 Å². The summed E-state index contributed by atoms with van der Waals surface area (Å²) in [6, 6.07) is 6.53. The van der Waals surface area contributed by atoms with E-state index in [4.69, 9.17) is 10.5 Å². The Kier molecular flexibility index (Phi) is 4.43. The SMILES string of the molecule is Cc1cc(C)cc(OCCN(C(=O)CN)C2CC2)c1. The molecule has 1 aromatic rings. The topological polar surface area (TPSA) is 55.6 Å². The summed E-state index contributed by atoms with van der Waals surface area (Å²) < 4.78 is 5.74. The molecule has 0 spiro atoms. The zero-order valence-electron chi connectivity index (χ0n) is 11.7. The molecule has 1 fully saturated rings. The third-order valence-electron chi connectivity index (χ3n) is 3.28. The number of nitrogens with zero attached hydrogens (tertiary/aromatic N) is 1. The second kappa shape index (κ2) is 6.06. The zero-order valence-corrected chi connectivity index (χ0v) is 11.7. The summed E-state index contributed by atoms with van der Waals surface area (Å²) in [6.45, 7) is 5.32. The summed E-state index contributed by atoms with van der Waals surface area (Å²) in [6.07, 6.45) is 2.19. The van der Waals surface area contributed by atoms with Gasteiger partial charge in [-0.2, -0.15) is 0 Å². The first-order chi connectivity index (χ1) is 9.10. The fourth-order valence-corrected chi connectivity index (χ4v) is 2.29. The van der Waals surface area contributed by atoms with E-state index in [0.717, 1.165) is 18.6 Å². The van der Waals surface area contributed by atoms with Gasteiger partial charge in [0.2, 0.25) is 5.91 Å². The highest BCUT2D eigenvalue weighted by atomic mass is 16.5. The maximum atomic E-state index is 11.7. The van der Waals surface area contributed by atoms with Crippen LogP contribution in [0, 0.1) is 13.8 Å². The van der Waals surface area contributed by atoms with Crippen LogP contribution in [0.3, 0.4) is 0 Å². The highest BCUT2D eigenvalue weighted by Gasteiger charge is 2.31. The van der Waals surface area contributed by atoms with E-state index >= 15 is 0 Å². The number of carbonyl (C=O) groups excluding carboxylic acids is 1. The Balaban J connectivity index is 1.86. The van der Waals surface area contributed by atoms with Gasteiger partial charge in [0.1, 0.15) is 12.4 Å². The monoisotopic (exact) mass is 262 g/mol. The van der Waals surface area contributed by atoms with Gasteiger partial charge in [-0.15, -0.1) is 0 Å². The van der Waals surface area contributed by atoms with Crippen molar-refractivity contribution >= 4 is 5.91 Å². The minimum atomic E-state index is 0.0199. The van der Waals surface area contributed by atoms with Crippen molar-refractivity contribution in [1.82, 2.24) is 4.90 Å². The lowest BCUT2D eigenvalue weighted by Gasteiger charge is -2.21. The first kappa shape index (κ1) is 13.9. The van der Waals surface area contributed by atoms with Crippen molar-refractivity contribution in [1.29, 1.82) is 0 Å². The van der Waals surface area contributed by atoms with Crippen LogP contribution in [0.1, 0.15) is 24.0 Å². The minimum Gasteiger partial charge on any atom is -0.492 e. The molecule has 4 heteroatoms. The van der Waals surface area contributed by atoms with Gasteiger partial charge >= 0.3 is 0 Å². The first-order valence-electron chi connectivity index (χ1n) is 6.81. The van der Waals surface area contributed by atoms with Gasteiger partial charge in [-0.1, -0.05) is 6.07 Å². The number of rotatable bonds is 6. The lowest BCUT2D eigenvalue weighted by Crippen LogP contribution is -2.40. The molecule has 0 unspecified atom stereocenters. The molecular weight excluding hydrogens is 240 g/mol. The van der Waals surface area contributed by atoms with Crippen LogP contribution in [0.25, 0.3) is 0 Å². The Labute approximate surface area is 114 Å². The molecule has 1 saturated carbocycles. The van der Waals surface area contributed by atoms with E-state index in [0.29, 0.717) is 19.2 Å². The van der Waals surface area contributed by atoms with Gasteiger partial charge in [-0.05, 0) is 49.9 Å². The number of amides is 1. The van der Waals surface area contributed by atoms with Crippen molar-refractivity contribution in [2.45, 2.75) is 32.7 Å². The van der Waals surface area contributed by atoms with E-state index in [1.54, 1.807) is 0 Å². The number of aryl methyl sites for hydroxylation is 2. The molecule has 1 aliphatic carbocycles. The van der Waals surface area contributed by atoms with E-state index in [9.17, 15) is 4.79 Å². The molecule has 0 aromatic heterocycles. The Hall–Kier alpha value is -1.55. The predicted molar refractivity (Wildman–Crippen MR) is 75.2 cm³/mol. The van der Waals surface area contributed by atoms with Gasteiger partial charge in [-0.3, -0.25) is 4.79 Å². The number of benzene rings is 1. The predicted octanol–water partition coefficient (Wildman–Crippen LogP) is 1.63. The smallest absolute Gasteiger partial charge is 0.236 e. The standard InChI is InChI=1S/C15H22N2O2/c1-11-7-12(2)9-14(8-11)19-6-5-17(13-3-4-13)15(18)10-16/h7-9,13H,3-6,10,16H2,1-2H3. The summed E-state index contributed by atoms with van der Waals surface area (Å²) in [7, 11) is 0. The van der Waals surface area contributed by atoms with Crippen molar-refractivity contribution in [3.8, 4) is 5.75 Å². The molecule has 2 N–H and O–H groups in total. The normalized spacial score (nSPS) is 14.3. The summed E-state index contributed by atoms with van der Waals surface area (Å²) in [5.41, 5.74) is 7.80. The van der Waals surface area contributed by atoms with Crippen LogP contribution < -0.4 is 10.5 Å². The van der Waals surface area contributed by atoms with Crippen LogP contribution in [0.15, 0.2) is 18.2 Å². The lowest BCUT2D eigenvalue weighted by molar-refractivity contribution is -0.130. The Bertz CT molecular complexity index is 435. The molecule has 0 saturated heterocycles. The van der Waals surface area contributed by atoms with Crippen LogP contribution >= 0.6 is 0 Å². The average molecular weight is 262 g/mol. The van der Waals surface area contributed by atoms with Crippen molar-refractivity contribution in [3.05, 3.63) is 29.3 Å². The second-order valence-electron chi connectivity index (χ2n) is 5.19. The van der Waals surface area contributed by atoms with E-state index in [-0.39, 0.29) is 12.5 Å². The second-order valence-corrected chi connectivity index (χ2v) is 5.19. The van der Waals surface area contributed by atoms with Crippen LogP contribution in [0.4, 0.5) is 0 Å². The van der Waals surface area contributed by atoms with Crippen LogP contribution in [0.2, 0.25) is 0 Å². The highest BCUT2D eigenvalue weighted by molar-refractivity contribution is 5.78. The fourth-order valence-electron chi connectivity index (χ4n) is 2.29. The molecule has 0 heterocycles. The molecule has 0 radical (unpaired) electrons. The highest BCUT2D eigenvalue weighted by Crippen LogP contribution is 2.26. The van der Waals surface area contributed by atoms with Gasteiger partial charge in [0.25, 0.3) is 0 Å². The molecule has 2 rings (SSSR count). The Morgan fingerprint density at radius 2 is 1.95 bits per heavy atom. The summed E-state index contributed by atoms with van der Waals surface area (Å²) in [5, 5.41) is 0. The molecule has 0 aliphatic heterocycles. The maximum Gasteiger partial charge on any atom is 0.236 e. The van der Waals surface area contributed by atoms with E-state index < -0.39 is 0 Å². The summed E-state index contributed by atoms with van der Waals surface area (Å²) >= 11 is 0. The third kappa shape index (κ3) is 3.96. The van der Waals surface area contributed by atoms with Crippen molar-refractivity contribution in [2.75, 3.05) is 19.7 Å². The number of carbonyl (C=O) groups is 1. The van der Waals surface area contributed by atoms with E-state index in [2.05, 4.69) is 6.07 Å². The fraction of sp³-hybridized carbons (Fsp3) is 0.533. The maximum absolute atomic E-state index is 11.7. The molecule has 19 heavy (non-hydrogen) atoms. The Morgan fingerprint density at radius 3 is 2.47 bits per heavy atom. The Morgan fingerprint density at radius 1 is 1.32 bits per heavy atom. The molecular formula is C15H22N2O2. The number of hydrogen-bond acceptors (Lipinski definition) is 3. The molecule has 104 valence electrons. The van der Waals surface area contributed by atoms with Gasteiger partial charge in [-0.25, -0.2) is 0 Å². The van der Waals surface area contributed by atoms with Crippen molar-refractivity contribution in [3.63, 3.8) is 0 Å². The van der Waals surface area contributed by atoms with Crippen LogP contribution in [-0.4, -0.2) is 36.5 Å². The lowest BCUT2D eigenvalue weighted by atomic mass is 10.1. The molecule has 1 amide bonds. The first-order valence-corrected chi connectivity index (χ1v) is 6.81. The van der Waals surface area contributed by atoms with Gasteiger partial charge in [0.15, 0.2) is 0 Å². The quantitative estimate of drug-likeness (QED) is 0.847. The summed E-state index contributed by atoms with van der Waals surface area (Å²) in [4.78, 5) is 13.5. The van der Waals surface area contributed by atoms with Gasteiger partial charge in [0.05, 0.1) is 13.1 Å². The largest absolute Gasteiger partial charge is 0.492 e. The molecule has 4 nitrogen and oxygen atoms in total. The van der Waals surface area contributed by atoms with Crippen LogP contribution in [-0.2, 0) is 4.79 Å². The third-order valence-corrected chi connectivity index (χ3v) is 3.28. The van der Waals surface area contributed by atoms with Crippen LogP contribution in [0.5, 0.6) is 5.75 Å². The average Bonchev–Trinajstić information content (AvgIpc) is 3.17. The molecule has 1 aliphatic rings. The number of ether oxygens (including phenoxy) is 1. The zero-order chi connectivity index (χ0) is 13.8. The number of nitrogens with two attached hydrogens (primary N) is 1. The minimum absolute atomic E-state index is 0.0199. The summed E-state index contributed by atoms with van der Waals surface area (Å²) in [5.74, 6) is 0.889. The van der Waals surface area contributed by atoms with E-state index in [1.165, 1.54) is 11.1 Å². The number of hydrogen-bond donors (Lipinski definition) is 1. The van der Waals surface area contributed by atoms with Crippen molar-refractivity contribution < 1.29 is 9.53 Å².